The molecule has 31 heavy (non-hydrogen) atoms. The molecular formula is C22H29N5O3S. The highest BCUT2D eigenvalue weighted by atomic mass is 32.2. The van der Waals surface area contributed by atoms with Crippen LogP contribution in [0.5, 0.6) is 0 Å². The highest BCUT2D eigenvalue weighted by Gasteiger charge is 2.35. The number of rotatable bonds is 5. The zero-order valence-electron chi connectivity index (χ0n) is 17.8. The Kier molecular flexibility index (Phi) is 6.64. The van der Waals surface area contributed by atoms with Crippen LogP contribution in [0.15, 0.2) is 36.5 Å². The minimum Gasteiger partial charge on any atom is -0.322 e. The number of aryl methyl sites for hydroxylation is 1. The molecule has 2 aliphatic rings. The van der Waals surface area contributed by atoms with Crippen molar-refractivity contribution in [2.45, 2.75) is 44.9 Å². The normalized spacial score (nSPS) is 21.0. The van der Waals surface area contributed by atoms with Gasteiger partial charge in [-0.1, -0.05) is 24.6 Å². The van der Waals surface area contributed by atoms with Crippen LogP contribution in [0.1, 0.15) is 59.9 Å². The zero-order chi connectivity index (χ0) is 21.8. The van der Waals surface area contributed by atoms with E-state index in [0.29, 0.717) is 48.9 Å². The van der Waals surface area contributed by atoms with Crippen molar-refractivity contribution in [1.82, 2.24) is 18.6 Å². The molecule has 0 saturated carbocycles. The first-order chi connectivity index (χ1) is 14.9. The molecule has 166 valence electrons. The van der Waals surface area contributed by atoms with E-state index in [4.69, 9.17) is 0 Å². The molecule has 1 amide bonds. The van der Waals surface area contributed by atoms with E-state index < -0.39 is 10.2 Å². The predicted molar refractivity (Wildman–Crippen MR) is 119 cm³/mol. The third kappa shape index (κ3) is 4.94. The number of aromatic nitrogens is 2. The highest BCUT2D eigenvalue weighted by Crippen LogP contribution is 2.28. The van der Waals surface area contributed by atoms with Gasteiger partial charge in [-0.05, 0) is 44.7 Å². The number of hydrogen-bond donors (Lipinski definition) is 1. The van der Waals surface area contributed by atoms with Gasteiger partial charge in [-0.2, -0.15) is 17.0 Å². The molecule has 1 atom stereocenters. The number of para-hydroxylation sites is 1. The Balaban J connectivity index is 1.46. The van der Waals surface area contributed by atoms with Gasteiger partial charge in [0, 0.05) is 44.0 Å². The van der Waals surface area contributed by atoms with Crippen LogP contribution in [0.3, 0.4) is 0 Å². The van der Waals surface area contributed by atoms with Gasteiger partial charge in [0.2, 0.25) is 0 Å². The summed E-state index contributed by atoms with van der Waals surface area (Å²) in [5.74, 6) is 0.277. The molecular weight excluding hydrogens is 414 g/mol. The molecule has 2 saturated heterocycles. The van der Waals surface area contributed by atoms with E-state index in [9.17, 15) is 13.2 Å². The van der Waals surface area contributed by atoms with Crippen LogP contribution in [0, 0.1) is 6.92 Å². The summed E-state index contributed by atoms with van der Waals surface area (Å²) in [4.78, 5) is 21.6. The van der Waals surface area contributed by atoms with Crippen molar-refractivity contribution in [2.24, 2.45) is 0 Å². The molecule has 1 aromatic carbocycles. The summed E-state index contributed by atoms with van der Waals surface area (Å²) in [7, 11) is -3.45. The van der Waals surface area contributed by atoms with Gasteiger partial charge < -0.3 is 5.32 Å². The Bertz CT molecular complexity index is 1020. The number of benzene rings is 1. The van der Waals surface area contributed by atoms with Gasteiger partial charge in [-0.15, -0.1) is 0 Å². The third-order valence-electron chi connectivity index (χ3n) is 5.99. The smallest absolute Gasteiger partial charge is 0.281 e. The van der Waals surface area contributed by atoms with Gasteiger partial charge in [0.1, 0.15) is 5.82 Å². The average Bonchev–Trinajstić information content (AvgIpc) is 2.80. The maximum Gasteiger partial charge on any atom is 0.281 e. The van der Waals surface area contributed by atoms with E-state index in [2.05, 4.69) is 15.3 Å². The first kappa shape index (κ1) is 21.9. The molecule has 2 fully saturated rings. The van der Waals surface area contributed by atoms with Crippen LogP contribution in [-0.2, 0) is 10.2 Å². The molecule has 4 rings (SSSR count). The second-order valence-electron chi connectivity index (χ2n) is 8.21. The van der Waals surface area contributed by atoms with Crippen molar-refractivity contribution >= 4 is 21.8 Å². The topological polar surface area (TPSA) is 95.5 Å². The number of amides is 1. The highest BCUT2D eigenvalue weighted by molar-refractivity contribution is 7.86. The number of anilines is 1. The third-order valence-corrected chi connectivity index (χ3v) is 7.99. The lowest BCUT2D eigenvalue weighted by atomic mass is 9.98. The first-order valence-electron chi connectivity index (χ1n) is 10.9. The maximum atomic E-state index is 13.1. The molecule has 0 aliphatic carbocycles. The van der Waals surface area contributed by atoms with E-state index >= 15 is 0 Å². The zero-order valence-corrected chi connectivity index (χ0v) is 18.6. The SMILES string of the molecule is Cc1nc([C@@H]2CCCN(S(=O)(=O)N3CCCCC3)C2)ncc1C(=O)Nc1ccccc1. The standard InChI is InChI=1S/C22H29N5O3S/c1-17-20(22(28)25-19-10-4-2-5-11-19)15-23-21(24-17)18-9-8-14-27(16-18)31(29,30)26-12-6-3-7-13-26/h2,4-5,10-11,15,18H,3,6-9,12-14,16H2,1H3,(H,25,28)/t18-/m1/s1. The molecule has 0 unspecified atom stereocenters. The summed E-state index contributed by atoms with van der Waals surface area (Å²) < 4.78 is 29.3. The first-order valence-corrected chi connectivity index (χ1v) is 12.3. The summed E-state index contributed by atoms with van der Waals surface area (Å²) in [5.41, 5.74) is 1.72. The van der Waals surface area contributed by atoms with E-state index in [1.54, 1.807) is 21.7 Å². The van der Waals surface area contributed by atoms with E-state index in [0.717, 1.165) is 32.1 Å². The van der Waals surface area contributed by atoms with Crippen LogP contribution in [0.25, 0.3) is 0 Å². The number of nitrogens with one attached hydrogen (secondary N) is 1. The van der Waals surface area contributed by atoms with Crippen molar-refractivity contribution in [2.75, 3.05) is 31.5 Å². The van der Waals surface area contributed by atoms with Gasteiger partial charge in [0.15, 0.2) is 0 Å². The fourth-order valence-electron chi connectivity index (χ4n) is 4.25. The lowest BCUT2D eigenvalue weighted by molar-refractivity contribution is 0.102. The van der Waals surface area contributed by atoms with E-state index in [-0.39, 0.29) is 11.8 Å². The van der Waals surface area contributed by atoms with Crippen molar-refractivity contribution in [1.29, 1.82) is 0 Å². The molecule has 8 nitrogen and oxygen atoms in total. The lowest BCUT2D eigenvalue weighted by Gasteiger charge is -2.36. The van der Waals surface area contributed by atoms with E-state index in [1.165, 1.54) is 0 Å². The second kappa shape index (κ2) is 9.42. The molecule has 0 radical (unpaired) electrons. The minimum absolute atomic E-state index is 0.0711. The van der Waals surface area contributed by atoms with E-state index in [1.807, 2.05) is 30.3 Å². The summed E-state index contributed by atoms with van der Waals surface area (Å²) in [5, 5.41) is 2.85. The molecule has 3 heterocycles. The summed E-state index contributed by atoms with van der Waals surface area (Å²) in [6.07, 6.45) is 6.09. The Morgan fingerprint density at radius 2 is 1.74 bits per heavy atom. The monoisotopic (exact) mass is 443 g/mol. The van der Waals surface area contributed by atoms with Gasteiger partial charge in [0.05, 0.1) is 11.3 Å². The minimum atomic E-state index is -3.45. The fraction of sp³-hybridized carbons (Fsp3) is 0.500. The molecule has 0 bridgehead atoms. The van der Waals surface area contributed by atoms with Gasteiger partial charge in [0.25, 0.3) is 16.1 Å². The van der Waals surface area contributed by atoms with Crippen molar-refractivity contribution < 1.29 is 13.2 Å². The van der Waals surface area contributed by atoms with Crippen LogP contribution in [-0.4, -0.2) is 59.1 Å². The maximum absolute atomic E-state index is 13.1. The molecule has 2 aromatic rings. The molecule has 9 heteroatoms. The van der Waals surface area contributed by atoms with Crippen molar-refractivity contribution in [3.05, 3.63) is 53.6 Å². The Hall–Kier alpha value is -2.36. The Labute approximate surface area is 183 Å². The number of nitrogens with zero attached hydrogens (tertiary/aromatic N) is 4. The van der Waals surface area contributed by atoms with Crippen LogP contribution in [0.2, 0.25) is 0 Å². The molecule has 0 spiro atoms. The van der Waals surface area contributed by atoms with Crippen LogP contribution >= 0.6 is 0 Å². The number of carbonyl (C=O) groups is 1. The van der Waals surface area contributed by atoms with Crippen molar-refractivity contribution in [3.8, 4) is 0 Å². The summed E-state index contributed by atoms with van der Waals surface area (Å²) in [6, 6.07) is 9.24. The largest absolute Gasteiger partial charge is 0.322 e. The van der Waals surface area contributed by atoms with Crippen LogP contribution < -0.4 is 5.32 Å². The average molecular weight is 444 g/mol. The fourth-order valence-corrected chi connectivity index (χ4v) is 6.02. The Morgan fingerprint density at radius 1 is 1.03 bits per heavy atom. The number of piperidine rings is 2. The second-order valence-corrected chi connectivity index (χ2v) is 10.1. The summed E-state index contributed by atoms with van der Waals surface area (Å²) in [6.45, 7) is 3.91. The molecule has 1 aromatic heterocycles. The van der Waals surface area contributed by atoms with Gasteiger partial charge in [-0.25, -0.2) is 9.97 Å². The number of hydrogen-bond acceptors (Lipinski definition) is 5. The summed E-state index contributed by atoms with van der Waals surface area (Å²) >= 11 is 0. The van der Waals surface area contributed by atoms with Gasteiger partial charge in [-0.3, -0.25) is 4.79 Å². The number of carbonyl (C=O) groups excluding carboxylic acids is 1. The molecule has 2 aliphatic heterocycles. The predicted octanol–water partition coefficient (Wildman–Crippen LogP) is 2.95. The van der Waals surface area contributed by atoms with Gasteiger partial charge >= 0.3 is 0 Å². The van der Waals surface area contributed by atoms with Crippen molar-refractivity contribution in [3.63, 3.8) is 0 Å². The van der Waals surface area contributed by atoms with Crippen LogP contribution in [0.4, 0.5) is 5.69 Å². The molecule has 1 N–H and O–H groups in total. The Morgan fingerprint density at radius 3 is 2.45 bits per heavy atom. The lowest BCUT2D eigenvalue weighted by Crippen LogP contribution is -2.49. The quantitative estimate of drug-likeness (QED) is 0.767.